The summed E-state index contributed by atoms with van der Waals surface area (Å²) in [6, 6.07) is 2.79. The highest BCUT2D eigenvalue weighted by Gasteiger charge is 2.26. The van der Waals surface area contributed by atoms with Crippen molar-refractivity contribution in [3.63, 3.8) is 0 Å². The summed E-state index contributed by atoms with van der Waals surface area (Å²) < 4.78 is 13.6. The molecule has 0 unspecified atom stereocenters. The molecule has 2 nitrogen and oxygen atoms in total. The SMILES string of the molecule is CC(C)(C)[C@@H](N)c1ccc(Br)c(F)c1O.Cl. The molecule has 0 spiro atoms. The number of nitrogens with two attached hydrogens (primary N) is 1. The molecular formula is C11H16BrClFNO. The number of rotatable bonds is 1. The second-order valence-corrected chi connectivity index (χ2v) is 5.50. The Morgan fingerprint density at radius 2 is 1.88 bits per heavy atom. The van der Waals surface area contributed by atoms with Gasteiger partial charge in [0, 0.05) is 11.6 Å². The lowest BCUT2D eigenvalue weighted by atomic mass is 9.83. The van der Waals surface area contributed by atoms with Crippen molar-refractivity contribution in [1.82, 2.24) is 0 Å². The van der Waals surface area contributed by atoms with Gasteiger partial charge in [0.2, 0.25) is 0 Å². The monoisotopic (exact) mass is 311 g/mol. The first-order chi connectivity index (χ1) is 6.75. The molecule has 0 aliphatic heterocycles. The Morgan fingerprint density at radius 3 is 2.31 bits per heavy atom. The largest absolute Gasteiger partial charge is 0.505 e. The highest BCUT2D eigenvalue weighted by atomic mass is 79.9. The van der Waals surface area contributed by atoms with Gasteiger partial charge in [0.25, 0.3) is 0 Å². The van der Waals surface area contributed by atoms with Crippen molar-refractivity contribution in [3.05, 3.63) is 28.0 Å². The summed E-state index contributed by atoms with van der Waals surface area (Å²) in [6.07, 6.45) is 0. The van der Waals surface area contributed by atoms with Crippen molar-refractivity contribution in [2.75, 3.05) is 0 Å². The predicted molar refractivity (Wildman–Crippen MR) is 69.4 cm³/mol. The molecule has 1 aromatic rings. The van der Waals surface area contributed by atoms with Crippen molar-refractivity contribution in [2.24, 2.45) is 11.1 Å². The molecular weight excluding hydrogens is 296 g/mol. The Bertz CT molecular complexity index is 379. The van der Waals surface area contributed by atoms with E-state index in [9.17, 15) is 9.50 Å². The van der Waals surface area contributed by atoms with E-state index in [1.54, 1.807) is 12.1 Å². The van der Waals surface area contributed by atoms with Crippen molar-refractivity contribution < 1.29 is 9.50 Å². The summed E-state index contributed by atoms with van der Waals surface area (Å²) in [5.41, 5.74) is 6.16. The highest BCUT2D eigenvalue weighted by molar-refractivity contribution is 9.10. The number of halogens is 3. The third-order valence-corrected chi connectivity index (χ3v) is 2.98. The minimum atomic E-state index is -0.660. The lowest BCUT2D eigenvalue weighted by molar-refractivity contribution is 0.313. The molecule has 0 aliphatic rings. The highest BCUT2D eigenvalue weighted by Crippen LogP contribution is 2.38. The molecule has 0 aromatic heterocycles. The van der Waals surface area contributed by atoms with E-state index in [2.05, 4.69) is 15.9 Å². The van der Waals surface area contributed by atoms with Gasteiger partial charge in [0.1, 0.15) is 0 Å². The molecule has 0 radical (unpaired) electrons. The molecule has 0 aliphatic carbocycles. The first-order valence-electron chi connectivity index (χ1n) is 4.67. The van der Waals surface area contributed by atoms with Crippen molar-refractivity contribution in [3.8, 4) is 5.75 Å². The normalized spacial score (nSPS) is 13.1. The zero-order valence-corrected chi connectivity index (χ0v) is 11.8. The van der Waals surface area contributed by atoms with Crippen LogP contribution in [0.1, 0.15) is 32.4 Å². The van der Waals surface area contributed by atoms with E-state index in [-0.39, 0.29) is 28.0 Å². The zero-order chi connectivity index (χ0) is 11.8. The maximum absolute atomic E-state index is 13.4. The van der Waals surface area contributed by atoms with Crippen LogP contribution in [0, 0.1) is 11.2 Å². The Morgan fingerprint density at radius 1 is 1.38 bits per heavy atom. The third-order valence-electron chi connectivity index (χ3n) is 2.37. The van der Waals surface area contributed by atoms with Crippen molar-refractivity contribution >= 4 is 28.3 Å². The quantitative estimate of drug-likeness (QED) is 0.829. The summed E-state index contributed by atoms with van der Waals surface area (Å²) >= 11 is 3.00. The summed E-state index contributed by atoms with van der Waals surface area (Å²) in [7, 11) is 0. The molecule has 0 fully saturated rings. The third kappa shape index (κ3) is 3.09. The predicted octanol–water partition coefficient (Wildman–Crippen LogP) is 3.76. The number of hydrogen-bond acceptors (Lipinski definition) is 2. The first kappa shape index (κ1) is 15.7. The van der Waals surface area contributed by atoms with E-state index in [1.165, 1.54) is 0 Å². The Balaban J connectivity index is 0.00000225. The van der Waals surface area contributed by atoms with Crippen LogP contribution in [-0.4, -0.2) is 5.11 Å². The molecule has 0 saturated heterocycles. The number of phenolic OH excluding ortho intramolecular Hbond substituents is 1. The van der Waals surface area contributed by atoms with Crippen LogP contribution in [0.3, 0.4) is 0 Å². The second kappa shape index (κ2) is 5.34. The summed E-state index contributed by atoms with van der Waals surface area (Å²) in [5.74, 6) is -1.03. The van der Waals surface area contributed by atoms with Gasteiger partial charge in [-0.2, -0.15) is 0 Å². The van der Waals surface area contributed by atoms with Crippen LogP contribution in [-0.2, 0) is 0 Å². The fraction of sp³-hybridized carbons (Fsp3) is 0.455. The average molecular weight is 313 g/mol. The van der Waals surface area contributed by atoms with Gasteiger partial charge >= 0.3 is 0 Å². The van der Waals surface area contributed by atoms with Crippen molar-refractivity contribution in [1.29, 1.82) is 0 Å². The lowest BCUT2D eigenvalue weighted by Crippen LogP contribution is -2.26. The second-order valence-electron chi connectivity index (χ2n) is 4.64. The maximum atomic E-state index is 13.4. The summed E-state index contributed by atoms with van der Waals surface area (Å²) in [5, 5.41) is 9.63. The van der Waals surface area contributed by atoms with Gasteiger partial charge in [-0.1, -0.05) is 26.8 Å². The van der Waals surface area contributed by atoms with Gasteiger partial charge < -0.3 is 10.8 Å². The Hall–Kier alpha value is -0.320. The fourth-order valence-electron chi connectivity index (χ4n) is 1.27. The Labute approximate surface area is 110 Å². The maximum Gasteiger partial charge on any atom is 0.179 e. The van der Waals surface area contributed by atoms with Gasteiger partial charge in [-0.15, -0.1) is 12.4 Å². The van der Waals surface area contributed by atoms with Crippen LogP contribution in [0.15, 0.2) is 16.6 Å². The van der Waals surface area contributed by atoms with Gasteiger partial charge in [-0.25, -0.2) is 4.39 Å². The van der Waals surface area contributed by atoms with E-state index < -0.39 is 11.9 Å². The van der Waals surface area contributed by atoms with Gasteiger partial charge in [0.15, 0.2) is 11.6 Å². The van der Waals surface area contributed by atoms with E-state index in [1.807, 2.05) is 20.8 Å². The summed E-state index contributed by atoms with van der Waals surface area (Å²) in [4.78, 5) is 0. The van der Waals surface area contributed by atoms with Gasteiger partial charge in [-0.3, -0.25) is 0 Å². The standard InChI is InChI=1S/C11H15BrFNO.ClH/c1-11(2,3)10(14)6-4-5-7(12)8(13)9(6)15;/h4-5,10,15H,14H2,1-3H3;1H/t10-;/m0./s1. The minimum Gasteiger partial charge on any atom is -0.505 e. The van der Waals surface area contributed by atoms with Gasteiger partial charge in [0.05, 0.1) is 4.47 Å². The number of aromatic hydroxyl groups is 1. The van der Waals surface area contributed by atoms with E-state index in [0.29, 0.717) is 5.56 Å². The average Bonchev–Trinajstić information content (AvgIpc) is 2.12. The fourth-order valence-corrected chi connectivity index (χ4v) is 1.59. The van der Waals surface area contributed by atoms with Crippen LogP contribution in [0.4, 0.5) is 4.39 Å². The van der Waals surface area contributed by atoms with E-state index >= 15 is 0 Å². The smallest absolute Gasteiger partial charge is 0.179 e. The summed E-state index contributed by atoms with van der Waals surface area (Å²) in [6.45, 7) is 5.82. The first-order valence-corrected chi connectivity index (χ1v) is 5.47. The molecule has 3 N–H and O–H groups in total. The molecule has 92 valence electrons. The molecule has 5 heteroatoms. The Kier molecular flexibility index (Phi) is 5.23. The van der Waals surface area contributed by atoms with Crippen molar-refractivity contribution in [2.45, 2.75) is 26.8 Å². The van der Waals surface area contributed by atoms with Crippen LogP contribution in [0.25, 0.3) is 0 Å². The molecule has 16 heavy (non-hydrogen) atoms. The minimum absolute atomic E-state index is 0. The zero-order valence-electron chi connectivity index (χ0n) is 9.42. The molecule has 0 heterocycles. The van der Waals surface area contributed by atoms with Crippen LogP contribution < -0.4 is 5.73 Å². The van der Waals surface area contributed by atoms with Crippen LogP contribution in [0.2, 0.25) is 0 Å². The molecule has 0 bridgehead atoms. The molecule has 0 amide bonds. The molecule has 1 rings (SSSR count). The molecule has 0 saturated carbocycles. The van der Waals surface area contributed by atoms with Gasteiger partial charge in [-0.05, 0) is 27.4 Å². The lowest BCUT2D eigenvalue weighted by Gasteiger charge is -2.28. The van der Waals surface area contributed by atoms with Crippen LogP contribution >= 0.6 is 28.3 Å². The number of phenols is 1. The van der Waals surface area contributed by atoms with Crippen LogP contribution in [0.5, 0.6) is 5.75 Å². The molecule has 1 atom stereocenters. The molecule has 1 aromatic carbocycles. The topological polar surface area (TPSA) is 46.2 Å². The number of hydrogen-bond donors (Lipinski definition) is 2. The van der Waals surface area contributed by atoms with E-state index in [4.69, 9.17) is 5.73 Å². The van der Waals surface area contributed by atoms with E-state index in [0.717, 1.165) is 0 Å². The number of benzene rings is 1.